The van der Waals surface area contributed by atoms with Crippen molar-refractivity contribution in [2.24, 2.45) is 11.8 Å². The van der Waals surface area contributed by atoms with Gasteiger partial charge in [-0.1, -0.05) is 129 Å². The molecule has 0 aromatic carbocycles. The van der Waals surface area contributed by atoms with Gasteiger partial charge in [-0.25, -0.2) is 4.79 Å². The molecule has 0 spiro atoms. The van der Waals surface area contributed by atoms with Crippen molar-refractivity contribution in [3.05, 3.63) is 12.2 Å². The van der Waals surface area contributed by atoms with Gasteiger partial charge in [-0.15, -0.1) is 0 Å². The molecule has 1 aliphatic carbocycles. The molecular formula is C33H63N3O3. The van der Waals surface area contributed by atoms with E-state index in [0.717, 1.165) is 45.4 Å². The fourth-order valence-electron chi connectivity index (χ4n) is 5.48. The molecule has 0 aliphatic heterocycles. The Morgan fingerprint density at radius 1 is 0.692 bits per heavy atom. The van der Waals surface area contributed by atoms with Crippen LogP contribution in [0.5, 0.6) is 0 Å². The van der Waals surface area contributed by atoms with Crippen molar-refractivity contribution in [1.29, 1.82) is 0 Å². The summed E-state index contributed by atoms with van der Waals surface area (Å²) in [6, 6.07) is 0. The van der Waals surface area contributed by atoms with Crippen LogP contribution in [0.3, 0.4) is 0 Å². The zero-order valence-electron chi connectivity index (χ0n) is 26.0. The SMILES string of the molecule is CCCCCCCCCCCCCCCCCCNC(=O)C1CC=CCC1COC(=O)NCCN(CC)CC. The lowest BCUT2D eigenvalue weighted by molar-refractivity contribution is -0.127. The Bertz CT molecular complexity index is 621. The quantitative estimate of drug-likeness (QED) is 0.0893. The summed E-state index contributed by atoms with van der Waals surface area (Å²) in [7, 11) is 0. The van der Waals surface area contributed by atoms with Crippen LogP contribution in [0.1, 0.15) is 136 Å². The lowest BCUT2D eigenvalue weighted by atomic mass is 9.83. The fraction of sp³-hybridized carbons (Fsp3) is 0.879. The average molecular weight is 550 g/mol. The van der Waals surface area contributed by atoms with Crippen molar-refractivity contribution in [2.45, 2.75) is 136 Å². The summed E-state index contributed by atoms with van der Waals surface area (Å²) in [5.74, 6) is 0.0460. The van der Waals surface area contributed by atoms with Gasteiger partial charge in [0.05, 0.1) is 6.61 Å². The van der Waals surface area contributed by atoms with E-state index in [-0.39, 0.29) is 23.8 Å². The third-order valence-corrected chi connectivity index (χ3v) is 8.25. The minimum absolute atomic E-state index is 0.0503. The van der Waals surface area contributed by atoms with Crippen LogP contribution in [0.25, 0.3) is 0 Å². The van der Waals surface area contributed by atoms with E-state index in [9.17, 15) is 9.59 Å². The summed E-state index contributed by atoms with van der Waals surface area (Å²) < 4.78 is 5.47. The van der Waals surface area contributed by atoms with Crippen LogP contribution in [-0.4, -0.2) is 56.2 Å². The molecule has 0 saturated carbocycles. The molecule has 2 amide bonds. The van der Waals surface area contributed by atoms with Crippen LogP contribution in [0.15, 0.2) is 12.2 Å². The Hall–Kier alpha value is -1.56. The van der Waals surface area contributed by atoms with Crippen molar-refractivity contribution in [3.63, 3.8) is 0 Å². The molecule has 1 aliphatic rings. The molecule has 0 bridgehead atoms. The minimum atomic E-state index is -0.385. The zero-order valence-corrected chi connectivity index (χ0v) is 26.0. The highest BCUT2D eigenvalue weighted by atomic mass is 16.5. The summed E-state index contributed by atoms with van der Waals surface area (Å²) in [6.07, 6.45) is 27.0. The smallest absolute Gasteiger partial charge is 0.407 e. The largest absolute Gasteiger partial charge is 0.449 e. The third-order valence-electron chi connectivity index (χ3n) is 8.25. The van der Waals surface area contributed by atoms with Gasteiger partial charge in [0.15, 0.2) is 0 Å². The first-order chi connectivity index (χ1) is 19.1. The number of nitrogens with zero attached hydrogens (tertiary/aromatic N) is 1. The molecule has 2 unspecified atom stereocenters. The predicted octanol–water partition coefficient (Wildman–Crippen LogP) is 8.01. The molecule has 0 radical (unpaired) electrons. The third kappa shape index (κ3) is 19.2. The van der Waals surface area contributed by atoms with Gasteiger partial charge < -0.3 is 20.3 Å². The lowest BCUT2D eigenvalue weighted by Crippen LogP contribution is -2.39. The van der Waals surface area contributed by atoms with Crippen molar-refractivity contribution in [1.82, 2.24) is 15.5 Å². The first kappa shape index (κ1) is 35.5. The van der Waals surface area contributed by atoms with E-state index >= 15 is 0 Å². The number of likely N-dealkylation sites (N-methyl/N-ethyl adjacent to an activating group) is 1. The van der Waals surface area contributed by atoms with Crippen LogP contribution in [0, 0.1) is 11.8 Å². The number of amides is 2. The van der Waals surface area contributed by atoms with E-state index in [1.165, 1.54) is 96.3 Å². The Morgan fingerprint density at radius 3 is 1.74 bits per heavy atom. The number of unbranched alkanes of at least 4 members (excludes halogenated alkanes) is 15. The predicted molar refractivity (Wildman–Crippen MR) is 165 cm³/mol. The molecule has 0 saturated heterocycles. The first-order valence-electron chi connectivity index (χ1n) is 16.7. The van der Waals surface area contributed by atoms with E-state index in [4.69, 9.17) is 4.74 Å². The minimum Gasteiger partial charge on any atom is -0.449 e. The normalized spacial score (nSPS) is 16.9. The molecule has 0 aromatic heterocycles. The Kier molecular flexibility index (Phi) is 23.1. The highest BCUT2D eigenvalue weighted by Gasteiger charge is 2.29. The number of alkyl carbamates (subject to hydrolysis) is 1. The Balaban J connectivity index is 2.01. The van der Waals surface area contributed by atoms with Crippen LogP contribution in [-0.2, 0) is 9.53 Å². The molecule has 1 rings (SSSR count). The van der Waals surface area contributed by atoms with Crippen LogP contribution < -0.4 is 10.6 Å². The number of nitrogens with one attached hydrogen (secondary N) is 2. The number of allylic oxidation sites excluding steroid dienone is 2. The number of hydrogen-bond acceptors (Lipinski definition) is 4. The van der Waals surface area contributed by atoms with Gasteiger partial charge in [0.1, 0.15) is 0 Å². The Morgan fingerprint density at radius 2 is 1.21 bits per heavy atom. The standard InChI is InChI=1S/C33H63N3O3/c1-4-7-8-9-10-11-12-13-14-15-16-17-18-19-20-23-26-34-32(37)31-25-22-21-24-30(31)29-39-33(38)35-27-28-36(5-2)6-3/h21-22,30-31H,4-20,23-29H2,1-3H3,(H,34,37)(H,35,38). The lowest BCUT2D eigenvalue weighted by Gasteiger charge is -2.27. The van der Waals surface area contributed by atoms with Gasteiger partial charge in [0.25, 0.3) is 0 Å². The molecule has 2 N–H and O–H groups in total. The van der Waals surface area contributed by atoms with Crippen LogP contribution in [0.2, 0.25) is 0 Å². The molecule has 2 atom stereocenters. The molecule has 0 fully saturated rings. The summed E-state index contributed by atoms with van der Waals surface area (Å²) in [6.45, 7) is 10.9. The molecule has 228 valence electrons. The maximum atomic E-state index is 12.8. The number of ether oxygens (including phenoxy) is 1. The van der Waals surface area contributed by atoms with E-state index in [1.54, 1.807) is 0 Å². The second-order valence-electron chi connectivity index (χ2n) is 11.5. The van der Waals surface area contributed by atoms with Gasteiger partial charge in [0.2, 0.25) is 5.91 Å². The van der Waals surface area contributed by atoms with Crippen molar-refractivity contribution < 1.29 is 14.3 Å². The number of carbonyl (C=O) groups excluding carboxylic acids is 2. The van der Waals surface area contributed by atoms with Gasteiger partial charge in [-0.05, 0) is 32.4 Å². The number of rotatable bonds is 25. The maximum absolute atomic E-state index is 12.8. The van der Waals surface area contributed by atoms with E-state index in [1.807, 2.05) is 0 Å². The molecule has 6 nitrogen and oxygen atoms in total. The number of hydrogen-bond donors (Lipinski definition) is 2. The first-order valence-corrected chi connectivity index (χ1v) is 16.7. The molecule has 0 heterocycles. The highest BCUT2D eigenvalue weighted by molar-refractivity contribution is 5.79. The summed E-state index contributed by atoms with van der Waals surface area (Å²) in [5, 5.41) is 5.98. The van der Waals surface area contributed by atoms with Crippen molar-refractivity contribution in [2.75, 3.05) is 39.3 Å². The van der Waals surface area contributed by atoms with Crippen LogP contribution in [0.4, 0.5) is 4.79 Å². The summed E-state index contributed by atoms with van der Waals surface area (Å²) in [4.78, 5) is 27.2. The highest BCUT2D eigenvalue weighted by Crippen LogP contribution is 2.26. The molecular weight excluding hydrogens is 486 g/mol. The Labute approximate surface area is 241 Å². The topological polar surface area (TPSA) is 70.7 Å². The second-order valence-corrected chi connectivity index (χ2v) is 11.5. The van der Waals surface area contributed by atoms with Crippen LogP contribution >= 0.6 is 0 Å². The fourth-order valence-corrected chi connectivity index (χ4v) is 5.48. The van der Waals surface area contributed by atoms with Crippen molar-refractivity contribution >= 4 is 12.0 Å². The molecule has 0 aromatic rings. The van der Waals surface area contributed by atoms with Gasteiger partial charge in [-0.2, -0.15) is 0 Å². The van der Waals surface area contributed by atoms with Gasteiger partial charge in [0, 0.05) is 31.5 Å². The van der Waals surface area contributed by atoms with Gasteiger partial charge in [-0.3, -0.25) is 4.79 Å². The van der Waals surface area contributed by atoms with E-state index in [0.29, 0.717) is 13.2 Å². The van der Waals surface area contributed by atoms with E-state index in [2.05, 4.69) is 48.5 Å². The molecule has 39 heavy (non-hydrogen) atoms. The maximum Gasteiger partial charge on any atom is 0.407 e. The van der Waals surface area contributed by atoms with Gasteiger partial charge >= 0.3 is 6.09 Å². The second kappa shape index (κ2) is 25.4. The van der Waals surface area contributed by atoms with Crippen molar-refractivity contribution in [3.8, 4) is 0 Å². The molecule has 6 heteroatoms. The zero-order chi connectivity index (χ0) is 28.4. The summed E-state index contributed by atoms with van der Waals surface area (Å²) >= 11 is 0. The summed E-state index contributed by atoms with van der Waals surface area (Å²) in [5.41, 5.74) is 0. The van der Waals surface area contributed by atoms with E-state index < -0.39 is 0 Å². The average Bonchev–Trinajstić information content (AvgIpc) is 2.96. The monoisotopic (exact) mass is 549 g/mol. The number of carbonyl (C=O) groups is 2.